The van der Waals surface area contributed by atoms with Crippen LogP contribution in [-0.2, 0) is 13.0 Å². The summed E-state index contributed by atoms with van der Waals surface area (Å²) in [6.07, 6.45) is 6.00. The van der Waals surface area contributed by atoms with Crippen molar-refractivity contribution >= 4 is 28.4 Å². The summed E-state index contributed by atoms with van der Waals surface area (Å²) in [5.41, 5.74) is 5.19. The van der Waals surface area contributed by atoms with E-state index >= 15 is 0 Å². The first-order chi connectivity index (χ1) is 17.1. The number of aliphatic hydroxyl groups excluding tert-OH is 1. The fourth-order valence-electron chi connectivity index (χ4n) is 4.84. The third kappa shape index (κ3) is 5.00. The smallest absolute Gasteiger partial charge is 0.185 e. The van der Waals surface area contributed by atoms with E-state index in [-0.39, 0.29) is 5.78 Å². The first-order valence-corrected chi connectivity index (χ1v) is 12.2. The molecule has 2 heterocycles. The number of ether oxygens (including phenoxy) is 1. The molecule has 0 radical (unpaired) electrons. The minimum Gasteiger partial charge on any atom is -0.494 e. The van der Waals surface area contributed by atoms with Crippen molar-refractivity contribution in [3.63, 3.8) is 0 Å². The summed E-state index contributed by atoms with van der Waals surface area (Å²) in [5.74, 6) is 0.699. The van der Waals surface area contributed by atoms with E-state index in [0.29, 0.717) is 25.3 Å². The van der Waals surface area contributed by atoms with Crippen LogP contribution in [0.1, 0.15) is 28.4 Å². The topological polar surface area (TPSA) is 54.7 Å². The summed E-state index contributed by atoms with van der Waals surface area (Å²) in [5, 5.41) is 12.0. The highest BCUT2D eigenvalue weighted by Gasteiger charge is 2.21. The van der Waals surface area contributed by atoms with Gasteiger partial charge in [0, 0.05) is 47.0 Å². The number of aromatic nitrogens is 1. The lowest BCUT2D eigenvalue weighted by Crippen LogP contribution is -2.33. The van der Waals surface area contributed by atoms with Gasteiger partial charge in [-0.2, -0.15) is 0 Å². The number of anilines is 1. The second kappa shape index (κ2) is 10.2. The number of carbonyl (C=O) groups is 1. The maximum atomic E-state index is 12.7. The highest BCUT2D eigenvalue weighted by molar-refractivity contribution is 6.07. The zero-order valence-electron chi connectivity index (χ0n) is 19.9. The van der Waals surface area contributed by atoms with Gasteiger partial charge in [0.1, 0.15) is 5.75 Å². The molecule has 35 heavy (non-hydrogen) atoms. The second-order valence-corrected chi connectivity index (χ2v) is 8.89. The Morgan fingerprint density at radius 3 is 2.63 bits per heavy atom. The molecule has 0 aliphatic carbocycles. The van der Waals surface area contributed by atoms with E-state index in [0.717, 1.165) is 35.2 Å². The molecule has 5 heteroatoms. The van der Waals surface area contributed by atoms with Gasteiger partial charge in [-0.3, -0.25) is 4.79 Å². The van der Waals surface area contributed by atoms with Crippen LogP contribution in [-0.4, -0.2) is 41.3 Å². The maximum absolute atomic E-state index is 12.7. The van der Waals surface area contributed by atoms with Crippen molar-refractivity contribution in [1.29, 1.82) is 0 Å². The van der Waals surface area contributed by atoms with Crippen LogP contribution in [0, 0.1) is 0 Å². The molecule has 1 aromatic heterocycles. The molecule has 5 rings (SSSR count). The van der Waals surface area contributed by atoms with Crippen molar-refractivity contribution in [2.75, 3.05) is 24.6 Å². The molecular weight excluding hydrogens is 436 g/mol. The quantitative estimate of drug-likeness (QED) is 0.267. The highest BCUT2D eigenvalue weighted by atomic mass is 16.5. The van der Waals surface area contributed by atoms with Crippen LogP contribution < -0.4 is 9.64 Å². The Labute approximate surface area is 205 Å². The Kier molecular flexibility index (Phi) is 6.68. The maximum Gasteiger partial charge on any atom is 0.185 e. The van der Waals surface area contributed by atoms with Gasteiger partial charge >= 0.3 is 0 Å². The van der Waals surface area contributed by atoms with Crippen molar-refractivity contribution in [1.82, 2.24) is 4.57 Å². The minimum absolute atomic E-state index is 0.0578. The van der Waals surface area contributed by atoms with Gasteiger partial charge in [-0.25, -0.2) is 0 Å². The molecule has 0 saturated heterocycles. The largest absolute Gasteiger partial charge is 0.494 e. The summed E-state index contributed by atoms with van der Waals surface area (Å²) < 4.78 is 7.54. The first kappa shape index (κ1) is 22.9. The Hall–Kier alpha value is -3.83. The molecule has 1 atom stereocenters. The van der Waals surface area contributed by atoms with Crippen LogP contribution in [0.25, 0.3) is 17.0 Å². The van der Waals surface area contributed by atoms with Crippen molar-refractivity contribution < 1.29 is 14.6 Å². The van der Waals surface area contributed by atoms with Crippen molar-refractivity contribution in [3.8, 4) is 5.75 Å². The summed E-state index contributed by atoms with van der Waals surface area (Å²) in [7, 11) is 0. The van der Waals surface area contributed by atoms with E-state index in [1.54, 1.807) is 18.2 Å². The molecule has 0 bridgehead atoms. The number of hydrogen-bond acceptors (Lipinski definition) is 4. The second-order valence-electron chi connectivity index (χ2n) is 8.89. The Balaban J connectivity index is 1.31. The number of rotatable bonds is 9. The number of fused-ring (bicyclic) bond motifs is 2. The highest BCUT2D eigenvalue weighted by Crippen LogP contribution is 2.28. The van der Waals surface area contributed by atoms with Crippen LogP contribution >= 0.6 is 0 Å². The lowest BCUT2D eigenvalue weighted by Gasteiger charge is -2.23. The number of ketones is 1. The predicted octanol–water partition coefficient (Wildman–Crippen LogP) is 5.36. The number of hydrogen-bond donors (Lipinski definition) is 1. The average Bonchev–Trinajstić information content (AvgIpc) is 3.44. The standard InChI is InChI=1S/C30H30N2O3/c1-2-35-26-14-11-23(12-15-26)30(34)16-13-24-19-32(29-10-6-4-8-27(24)29)21-25(33)20-31-18-17-22-7-3-5-9-28(22)31/h3-16,19,25,33H,2,17-18,20-21H2,1H3/b16-13+. The van der Waals surface area contributed by atoms with Crippen molar-refractivity contribution in [3.05, 3.63) is 102 Å². The normalized spacial score (nSPS) is 13.9. The third-order valence-corrected chi connectivity index (χ3v) is 6.51. The molecule has 0 fully saturated rings. The minimum atomic E-state index is -0.515. The van der Waals surface area contributed by atoms with Crippen LogP contribution in [0.2, 0.25) is 0 Å². The number of carbonyl (C=O) groups excluding carboxylic acids is 1. The van der Waals surface area contributed by atoms with Gasteiger partial charge in [-0.15, -0.1) is 0 Å². The average molecular weight is 467 g/mol. The molecule has 0 amide bonds. The fraction of sp³-hybridized carbons (Fsp3) is 0.233. The summed E-state index contributed by atoms with van der Waals surface area (Å²) in [4.78, 5) is 15.0. The summed E-state index contributed by atoms with van der Waals surface area (Å²) in [6.45, 7) is 4.54. The van der Waals surface area contributed by atoms with Crippen molar-refractivity contribution in [2.24, 2.45) is 0 Å². The fourth-order valence-corrected chi connectivity index (χ4v) is 4.84. The number of benzene rings is 3. The molecule has 3 aromatic carbocycles. The molecule has 1 aliphatic rings. The van der Waals surface area contributed by atoms with Gasteiger partial charge in [0.15, 0.2) is 5.78 Å². The van der Waals surface area contributed by atoms with E-state index < -0.39 is 6.10 Å². The summed E-state index contributed by atoms with van der Waals surface area (Å²) in [6, 6.07) is 23.7. The number of para-hydroxylation sites is 2. The van der Waals surface area contributed by atoms with Gasteiger partial charge in [0.2, 0.25) is 0 Å². The van der Waals surface area contributed by atoms with Gasteiger partial charge in [-0.1, -0.05) is 36.4 Å². The van der Waals surface area contributed by atoms with Gasteiger partial charge in [0.25, 0.3) is 0 Å². The summed E-state index contributed by atoms with van der Waals surface area (Å²) >= 11 is 0. The van der Waals surface area contributed by atoms with Crippen LogP contribution in [0.5, 0.6) is 5.75 Å². The van der Waals surface area contributed by atoms with Crippen LogP contribution in [0.3, 0.4) is 0 Å². The van der Waals surface area contributed by atoms with Gasteiger partial charge in [0.05, 0.1) is 19.3 Å². The van der Waals surface area contributed by atoms with E-state index in [1.165, 1.54) is 11.3 Å². The lowest BCUT2D eigenvalue weighted by molar-refractivity contribution is 0.104. The molecule has 4 aromatic rings. The van der Waals surface area contributed by atoms with Gasteiger partial charge < -0.3 is 19.3 Å². The Morgan fingerprint density at radius 2 is 1.80 bits per heavy atom. The molecule has 1 aliphatic heterocycles. The Morgan fingerprint density at radius 1 is 1.03 bits per heavy atom. The lowest BCUT2D eigenvalue weighted by atomic mass is 10.1. The number of nitrogens with zero attached hydrogens (tertiary/aromatic N) is 2. The predicted molar refractivity (Wildman–Crippen MR) is 141 cm³/mol. The van der Waals surface area contributed by atoms with E-state index in [4.69, 9.17) is 4.74 Å². The SMILES string of the molecule is CCOc1ccc(C(=O)/C=C/c2cn(CC(O)CN3CCc4ccccc43)c3ccccc23)cc1. The van der Waals surface area contributed by atoms with E-state index in [2.05, 4.69) is 45.9 Å². The van der Waals surface area contributed by atoms with Crippen molar-refractivity contribution in [2.45, 2.75) is 26.0 Å². The number of β-amino-alcohol motifs (C(OH)–C–C–N with tert-alkyl or cyclic N) is 1. The molecule has 0 spiro atoms. The molecule has 1 unspecified atom stereocenters. The van der Waals surface area contributed by atoms with Crippen LogP contribution in [0.4, 0.5) is 5.69 Å². The Bertz CT molecular complexity index is 1350. The molecule has 5 nitrogen and oxygen atoms in total. The zero-order chi connectivity index (χ0) is 24.2. The van der Waals surface area contributed by atoms with Gasteiger partial charge in [-0.05, 0) is 67.5 Å². The first-order valence-electron chi connectivity index (χ1n) is 12.2. The number of aliphatic hydroxyl groups is 1. The monoisotopic (exact) mass is 466 g/mol. The molecule has 1 N–H and O–H groups in total. The zero-order valence-corrected chi connectivity index (χ0v) is 19.9. The molecule has 0 saturated carbocycles. The molecular formula is C30H30N2O3. The number of allylic oxidation sites excluding steroid dienone is 1. The molecule has 178 valence electrons. The van der Waals surface area contributed by atoms with E-state index in [9.17, 15) is 9.90 Å². The third-order valence-electron chi connectivity index (χ3n) is 6.51. The van der Waals surface area contributed by atoms with Crippen LogP contribution in [0.15, 0.2) is 85.1 Å². The van der Waals surface area contributed by atoms with E-state index in [1.807, 2.05) is 43.5 Å².